The highest BCUT2D eigenvalue weighted by atomic mass is 16.5. The Bertz CT molecular complexity index is 657. The molecule has 0 bridgehead atoms. The van der Waals surface area contributed by atoms with Crippen LogP contribution in [0.25, 0.3) is 0 Å². The predicted molar refractivity (Wildman–Crippen MR) is 91.0 cm³/mol. The minimum absolute atomic E-state index is 0.0350. The molecule has 7 heteroatoms. The number of carbonyl (C=O) groups excluding carboxylic acids is 2. The lowest BCUT2D eigenvalue weighted by atomic mass is 9.88. The Kier molecular flexibility index (Phi) is 4.50. The number of hydrogen-bond donors (Lipinski definition) is 1. The standard InChI is InChI=1S/C18H26N4O3/c1-12-19-14-5-4-13(11-15(14)20-12)17(23)21-6-8-22(9-7-21)18(24)16-3-2-10-25-16/h13,16H,2-11H2,1H3,(H,19,20). The van der Waals surface area contributed by atoms with Crippen molar-refractivity contribution in [3.63, 3.8) is 0 Å². The van der Waals surface area contributed by atoms with E-state index in [9.17, 15) is 9.59 Å². The molecule has 0 saturated carbocycles. The molecule has 0 aromatic carbocycles. The number of H-pyrrole nitrogens is 1. The van der Waals surface area contributed by atoms with Crippen molar-refractivity contribution in [2.24, 2.45) is 5.92 Å². The van der Waals surface area contributed by atoms with E-state index in [1.54, 1.807) is 0 Å². The molecule has 2 saturated heterocycles. The van der Waals surface area contributed by atoms with Gasteiger partial charge in [0.2, 0.25) is 5.91 Å². The minimum Gasteiger partial charge on any atom is -0.368 e. The molecule has 1 aromatic rings. The van der Waals surface area contributed by atoms with Crippen molar-refractivity contribution in [3.05, 3.63) is 17.2 Å². The second kappa shape index (κ2) is 6.78. The van der Waals surface area contributed by atoms with Crippen LogP contribution in [0.4, 0.5) is 0 Å². The molecular formula is C18H26N4O3. The summed E-state index contributed by atoms with van der Waals surface area (Å²) in [4.78, 5) is 36.8. The van der Waals surface area contributed by atoms with Crippen molar-refractivity contribution in [2.75, 3.05) is 32.8 Å². The zero-order valence-electron chi connectivity index (χ0n) is 14.8. The van der Waals surface area contributed by atoms with Gasteiger partial charge >= 0.3 is 0 Å². The fourth-order valence-electron chi connectivity index (χ4n) is 4.22. The molecule has 0 spiro atoms. The first-order chi connectivity index (χ1) is 12.1. The molecule has 1 N–H and O–H groups in total. The molecule has 1 aromatic heterocycles. The van der Waals surface area contributed by atoms with E-state index >= 15 is 0 Å². The Morgan fingerprint density at radius 1 is 1.12 bits per heavy atom. The van der Waals surface area contributed by atoms with E-state index in [0.29, 0.717) is 32.8 Å². The van der Waals surface area contributed by atoms with E-state index < -0.39 is 0 Å². The minimum atomic E-state index is -0.261. The van der Waals surface area contributed by atoms with E-state index in [4.69, 9.17) is 4.74 Å². The van der Waals surface area contributed by atoms with E-state index in [-0.39, 0.29) is 23.8 Å². The van der Waals surface area contributed by atoms with Crippen LogP contribution in [-0.2, 0) is 27.2 Å². The van der Waals surface area contributed by atoms with Crippen LogP contribution in [0.2, 0.25) is 0 Å². The van der Waals surface area contributed by atoms with Crippen molar-refractivity contribution < 1.29 is 14.3 Å². The van der Waals surface area contributed by atoms with Crippen LogP contribution in [-0.4, -0.2) is 70.5 Å². The van der Waals surface area contributed by atoms with Crippen LogP contribution in [0, 0.1) is 12.8 Å². The Balaban J connectivity index is 1.32. The summed E-state index contributed by atoms with van der Waals surface area (Å²) in [6, 6.07) is 0. The van der Waals surface area contributed by atoms with Crippen LogP contribution in [0.3, 0.4) is 0 Å². The number of nitrogens with zero attached hydrogens (tertiary/aromatic N) is 3. The van der Waals surface area contributed by atoms with E-state index in [1.807, 2.05) is 16.7 Å². The molecule has 25 heavy (non-hydrogen) atoms. The Hall–Kier alpha value is -1.89. The zero-order chi connectivity index (χ0) is 17.4. The molecule has 2 amide bonds. The monoisotopic (exact) mass is 346 g/mol. The third-order valence-electron chi connectivity index (χ3n) is 5.62. The number of aromatic amines is 1. The SMILES string of the molecule is Cc1nc2c([nH]1)CC(C(=O)N1CCN(C(=O)C3CCCO3)CC1)CC2. The van der Waals surface area contributed by atoms with Crippen molar-refractivity contribution in [2.45, 2.75) is 45.1 Å². The van der Waals surface area contributed by atoms with Gasteiger partial charge in [-0.1, -0.05) is 0 Å². The van der Waals surface area contributed by atoms with Crippen LogP contribution >= 0.6 is 0 Å². The number of fused-ring (bicyclic) bond motifs is 1. The topological polar surface area (TPSA) is 78.5 Å². The molecule has 3 heterocycles. The van der Waals surface area contributed by atoms with E-state index in [2.05, 4.69) is 9.97 Å². The number of rotatable bonds is 2. The zero-order valence-corrected chi connectivity index (χ0v) is 14.8. The van der Waals surface area contributed by atoms with Crippen LogP contribution in [0.5, 0.6) is 0 Å². The predicted octanol–water partition coefficient (Wildman–Crippen LogP) is 0.673. The summed E-state index contributed by atoms with van der Waals surface area (Å²) in [5.74, 6) is 1.29. The smallest absolute Gasteiger partial charge is 0.251 e. The Labute approximate surface area is 147 Å². The molecule has 0 radical (unpaired) electrons. The number of hydrogen-bond acceptors (Lipinski definition) is 4. The average Bonchev–Trinajstić information content (AvgIpc) is 3.28. The maximum atomic E-state index is 12.9. The molecule has 2 atom stereocenters. The van der Waals surface area contributed by atoms with Gasteiger partial charge < -0.3 is 19.5 Å². The number of imidazole rings is 1. The molecule has 3 aliphatic rings. The molecular weight excluding hydrogens is 320 g/mol. The first-order valence-corrected chi connectivity index (χ1v) is 9.35. The molecule has 2 unspecified atom stereocenters. The van der Waals surface area contributed by atoms with Crippen LogP contribution in [0.1, 0.15) is 36.5 Å². The number of aromatic nitrogens is 2. The van der Waals surface area contributed by atoms with Gasteiger partial charge in [0.15, 0.2) is 0 Å². The molecule has 7 nitrogen and oxygen atoms in total. The summed E-state index contributed by atoms with van der Waals surface area (Å²) in [5.41, 5.74) is 2.24. The normalized spacial score (nSPS) is 26.6. The van der Waals surface area contributed by atoms with Crippen molar-refractivity contribution >= 4 is 11.8 Å². The number of piperazine rings is 1. The summed E-state index contributed by atoms with van der Waals surface area (Å²) in [6.07, 6.45) is 4.02. The van der Waals surface area contributed by atoms with Gasteiger partial charge in [-0.05, 0) is 32.6 Å². The molecule has 4 rings (SSSR count). The molecule has 2 aliphatic heterocycles. The van der Waals surface area contributed by atoms with Gasteiger partial charge in [-0.3, -0.25) is 9.59 Å². The lowest BCUT2D eigenvalue weighted by molar-refractivity contribution is -0.147. The third-order valence-corrected chi connectivity index (χ3v) is 5.62. The van der Waals surface area contributed by atoms with Crippen molar-refractivity contribution in [1.29, 1.82) is 0 Å². The molecule has 136 valence electrons. The quantitative estimate of drug-likeness (QED) is 0.854. The van der Waals surface area contributed by atoms with Gasteiger partial charge in [-0.15, -0.1) is 0 Å². The van der Waals surface area contributed by atoms with Crippen LogP contribution < -0.4 is 0 Å². The van der Waals surface area contributed by atoms with Gasteiger partial charge in [0.25, 0.3) is 5.91 Å². The number of amides is 2. The lowest BCUT2D eigenvalue weighted by Gasteiger charge is -2.37. The fourth-order valence-corrected chi connectivity index (χ4v) is 4.22. The Morgan fingerprint density at radius 3 is 2.52 bits per heavy atom. The van der Waals surface area contributed by atoms with Gasteiger partial charge in [-0.2, -0.15) is 0 Å². The van der Waals surface area contributed by atoms with Gasteiger partial charge in [0, 0.05) is 50.8 Å². The van der Waals surface area contributed by atoms with Crippen LogP contribution in [0.15, 0.2) is 0 Å². The summed E-state index contributed by atoms with van der Waals surface area (Å²) < 4.78 is 5.49. The molecule has 2 fully saturated rings. The highest BCUT2D eigenvalue weighted by Gasteiger charge is 2.34. The number of nitrogens with one attached hydrogen (secondary N) is 1. The number of aryl methyl sites for hydroxylation is 2. The fraction of sp³-hybridized carbons (Fsp3) is 0.722. The van der Waals surface area contributed by atoms with Gasteiger partial charge in [0.05, 0.1) is 5.69 Å². The lowest BCUT2D eigenvalue weighted by Crippen LogP contribution is -2.54. The first-order valence-electron chi connectivity index (χ1n) is 9.35. The number of ether oxygens (including phenoxy) is 1. The van der Waals surface area contributed by atoms with Gasteiger partial charge in [-0.25, -0.2) is 4.98 Å². The van der Waals surface area contributed by atoms with Crippen molar-refractivity contribution in [3.8, 4) is 0 Å². The second-order valence-electron chi connectivity index (χ2n) is 7.34. The third kappa shape index (κ3) is 3.29. The highest BCUT2D eigenvalue weighted by molar-refractivity contribution is 5.82. The summed E-state index contributed by atoms with van der Waals surface area (Å²) in [6.45, 7) is 5.13. The Morgan fingerprint density at radius 2 is 1.84 bits per heavy atom. The summed E-state index contributed by atoms with van der Waals surface area (Å²) in [5, 5.41) is 0. The number of carbonyl (C=O) groups is 2. The van der Waals surface area contributed by atoms with Gasteiger partial charge in [0.1, 0.15) is 11.9 Å². The maximum Gasteiger partial charge on any atom is 0.251 e. The van der Waals surface area contributed by atoms with E-state index in [0.717, 1.165) is 49.3 Å². The average molecular weight is 346 g/mol. The maximum absolute atomic E-state index is 12.9. The highest BCUT2D eigenvalue weighted by Crippen LogP contribution is 2.26. The second-order valence-corrected chi connectivity index (χ2v) is 7.34. The summed E-state index contributed by atoms with van der Waals surface area (Å²) >= 11 is 0. The van der Waals surface area contributed by atoms with Crippen molar-refractivity contribution in [1.82, 2.24) is 19.8 Å². The molecule has 1 aliphatic carbocycles. The largest absolute Gasteiger partial charge is 0.368 e. The first kappa shape index (κ1) is 16.6. The summed E-state index contributed by atoms with van der Waals surface area (Å²) in [7, 11) is 0. The van der Waals surface area contributed by atoms with E-state index in [1.165, 1.54) is 0 Å².